The molecule has 3 nitrogen and oxygen atoms in total. The Morgan fingerprint density at radius 1 is 0.963 bits per heavy atom. The number of halogens is 3. The molecule has 1 aliphatic rings. The third-order valence-corrected chi connectivity index (χ3v) is 4.72. The Bertz CT molecular complexity index is 508. The van der Waals surface area contributed by atoms with Gasteiger partial charge in [-0.2, -0.15) is 13.2 Å². The van der Waals surface area contributed by atoms with Gasteiger partial charge in [0.25, 0.3) is 0 Å². The molecule has 0 aliphatic carbocycles. The third kappa shape index (κ3) is 8.98. The molecule has 0 saturated carbocycles. The molecule has 0 N–H and O–H groups in total. The fourth-order valence-electron chi connectivity index (χ4n) is 3.06. The molecule has 6 heteroatoms. The lowest BCUT2D eigenvalue weighted by molar-refractivity contribution is -0.211. The van der Waals surface area contributed by atoms with E-state index in [1.54, 1.807) is 0 Å². The largest absolute Gasteiger partial charge is 0.494 e. The topological polar surface area (TPSA) is 27.7 Å². The summed E-state index contributed by atoms with van der Waals surface area (Å²) in [5.41, 5.74) is 0.858. The van der Waals surface area contributed by atoms with Crippen molar-refractivity contribution in [3.05, 3.63) is 29.8 Å². The molecule has 0 unspecified atom stereocenters. The molecule has 1 heterocycles. The van der Waals surface area contributed by atoms with Gasteiger partial charge in [0.05, 0.1) is 19.8 Å². The van der Waals surface area contributed by atoms with Gasteiger partial charge in [0.15, 0.2) is 6.29 Å². The fourth-order valence-corrected chi connectivity index (χ4v) is 3.06. The van der Waals surface area contributed by atoms with Gasteiger partial charge in [0.1, 0.15) is 5.75 Å². The van der Waals surface area contributed by atoms with E-state index in [-0.39, 0.29) is 25.6 Å². The van der Waals surface area contributed by atoms with Crippen molar-refractivity contribution in [3.8, 4) is 5.75 Å². The molecule has 1 fully saturated rings. The molecule has 2 rings (SSSR count). The fraction of sp³-hybridized carbons (Fsp3) is 0.714. The van der Waals surface area contributed by atoms with Crippen LogP contribution in [-0.2, 0) is 9.47 Å². The van der Waals surface area contributed by atoms with Crippen molar-refractivity contribution >= 4 is 0 Å². The summed E-state index contributed by atoms with van der Waals surface area (Å²) in [6.07, 6.45) is 1.97. The van der Waals surface area contributed by atoms with E-state index in [0.717, 1.165) is 17.7 Å². The van der Waals surface area contributed by atoms with Crippen LogP contribution in [0.2, 0.25) is 0 Å². The van der Waals surface area contributed by atoms with E-state index in [0.29, 0.717) is 6.61 Å². The molecule has 0 atom stereocenters. The number of hydrogen-bond donors (Lipinski definition) is 0. The minimum atomic E-state index is -4.12. The summed E-state index contributed by atoms with van der Waals surface area (Å²) in [5.74, 6) is 0.606. The Morgan fingerprint density at radius 2 is 1.59 bits per heavy atom. The van der Waals surface area contributed by atoms with Crippen LogP contribution < -0.4 is 4.74 Å². The molecular formula is C21H31F3O3. The monoisotopic (exact) mass is 388 g/mol. The average molecular weight is 388 g/mol. The van der Waals surface area contributed by atoms with Gasteiger partial charge in [0.2, 0.25) is 0 Å². The Kier molecular flexibility index (Phi) is 9.42. The summed E-state index contributed by atoms with van der Waals surface area (Å²) in [7, 11) is 0. The zero-order valence-electron chi connectivity index (χ0n) is 16.1. The van der Waals surface area contributed by atoms with E-state index in [1.807, 2.05) is 24.3 Å². The molecule has 1 aromatic rings. The molecule has 0 spiro atoms. The number of rotatable bonds is 11. The minimum absolute atomic E-state index is 0.0431. The molecule has 0 bridgehead atoms. The lowest BCUT2D eigenvalue weighted by Crippen LogP contribution is -2.28. The number of alkyl halides is 3. The third-order valence-electron chi connectivity index (χ3n) is 4.72. The minimum Gasteiger partial charge on any atom is -0.494 e. The van der Waals surface area contributed by atoms with Crippen LogP contribution in [0.15, 0.2) is 24.3 Å². The van der Waals surface area contributed by atoms with Crippen LogP contribution in [0.5, 0.6) is 5.75 Å². The summed E-state index contributed by atoms with van der Waals surface area (Å²) in [4.78, 5) is 0. The molecule has 27 heavy (non-hydrogen) atoms. The maximum absolute atomic E-state index is 12.3. The molecule has 1 aliphatic heterocycles. The number of hydrogen-bond acceptors (Lipinski definition) is 3. The second-order valence-corrected chi connectivity index (χ2v) is 7.20. The first-order valence-electron chi connectivity index (χ1n) is 10.0. The van der Waals surface area contributed by atoms with Crippen molar-refractivity contribution in [1.82, 2.24) is 0 Å². The molecule has 1 aromatic carbocycles. The Labute approximate surface area is 160 Å². The molecular weight excluding hydrogens is 357 g/mol. The molecule has 0 amide bonds. The van der Waals surface area contributed by atoms with Crippen LogP contribution in [0, 0.1) is 5.92 Å². The summed E-state index contributed by atoms with van der Waals surface area (Å²) in [6, 6.07) is 7.54. The molecule has 154 valence electrons. The van der Waals surface area contributed by atoms with E-state index >= 15 is 0 Å². The van der Waals surface area contributed by atoms with Gasteiger partial charge >= 0.3 is 6.18 Å². The standard InChI is InChI=1S/C21H31F3O3/c1-2-3-4-5-6-7-14-25-19-10-8-18(9-11-19)20-26-15-17(16-27-20)12-13-21(22,23)24/h8-11,17,20H,2-7,12-16H2,1H3/t17-,20-. The van der Waals surface area contributed by atoms with Crippen molar-refractivity contribution in [3.63, 3.8) is 0 Å². The highest BCUT2D eigenvalue weighted by molar-refractivity contribution is 5.28. The highest BCUT2D eigenvalue weighted by atomic mass is 19.4. The van der Waals surface area contributed by atoms with Gasteiger partial charge in [-0.3, -0.25) is 0 Å². The van der Waals surface area contributed by atoms with Gasteiger partial charge in [-0.05, 0) is 25.0 Å². The lowest BCUT2D eigenvalue weighted by Gasteiger charge is -2.29. The Hall–Kier alpha value is -1.27. The predicted octanol–water partition coefficient (Wildman–Crippen LogP) is 6.43. The lowest BCUT2D eigenvalue weighted by atomic mass is 10.0. The predicted molar refractivity (Wildman–Crippen MR) is 98.7 cm³/mol. The highest BCUT2D eigenvalue weighted by Gasteiger charge is 2.30. The van der Waals surface area contributed by atoms with E-state index in [9.17, 15) is 13.2 Å². The van der Waals surface area contributed by atoms with Gasteiger partial charge < -0.3 is 14.2 Å². The van der Waals surface area contributed by atoms with Gasteiger partial charge in [-0.25, -0.2) is 0 Å². The first-order valence-corrected chi connectivity index (χ1v) is 10.0. The second kappa shape index (κ2) is 11.5. The van der Waals surface area contributed by atoms with E-state index in [4.69, 9.17) is 14.2 Å². The van der Waals surface area contributed by atoms with Crippen molar-refractivity contribution in [2.75, 3.05) is 19.8 Å². The summed E-state index contributed by atoms with van der Waals surface area (Å²) in [5, 5.41) is 0. The number of benzene rings is 1. The summed E-state index contributed by atoms with van der Waals surface area (Å²) in [6.45, 7) is 3.50. The molecule has 0 aromatic heterocycles. The van der Waals surface area contributed by atoms with Crippen molar-refractivity contribution in [2.45, 2.75) is 70.8 Å². The van der Waals surface area contributed by atoms with Crippen LogP contribution in [0.1, 0.15) is 70.1 Å². The quantitative estimate of drug-likeness (QED) is 0.409. The number of unbranched alkanes of at least 4 members (excludes halogenated alkanes) is 5. The average Bonchev–Trinajstić information content (AvgIpc) is 2.66. The Morgan fingerprint density at radius 3 is 2.22 bits per heavy atom. The van der Waals surface area contributed by atoms with E-state index < -0.39 is 18.9 Å². The smallest absolute Gasteiger partial charge is 0.389 e. The van der Waals surface area contributed by atoms with Crippen LogP contribution in [0.25, 0.3) is 0 Å². The second-order valence-electron chi connectivity index (χ2n) is 7.20. The molecule has 0 radical (unpaired) electrons. The maximum Gasteiger partial charge on any atom is 0.389 e. The normalized spacial score (nSPS) is 20.6. The van der Waals surface area contributed by atoms with Crippen molar-refractivity contribution in [2.24, 2.45) is 5.92 Å². The summed E-state index contributed by atoms with van der Waals surface area (Å²) >= 11 is 0. The first kappa shape index (κ1) is 22.0. The zero-order valence-corrected chi connectivity index (χ0v) is 16.1. The van der Waals surface area contributed by atoms with Crippen LogP contribution in [0.4, 0.5) is 13.2 Å². The van der Waals surface area contributed by atoms with Crippen LogP contribution >= 0.6 is 0 Å². The van der Waals surface area contributed by atoms with Crippen LogP contribution in [0.3, 0.4) is 0 Å². The van der Waals surface area contributed by atoms with Gasteiger partial charge in [-0.15, -0.1) is 0 Å². The van der Waals surface area contributed by atoms with Crippen LogP contribution in [-0.4, -0.2) is 26.0 Å². The summed E-state index contributed by atoms with van der Waals surface area (Å²) < 4.78 is 53.8. The molecule has 1 saturated heterocycles. The van der Waals surface area contributed by atoms with Gasteiger partial charge in [0, 0.05) is 17.9 Å². The Balaban J connectivity index is 1.64. The number of ether oxygens (including phenoxy) is 3. The first-order chi connectivity index (χ1) is 13.0. The zero-order chi connectivity index (χ0) is 19.5. The highest BCUT2D eigenvalue weighted by Crippen LogP contribution is 2.30. The SMILES string of the molecule is CCCCCCCCOc1ccc([C@H]2OC[C@H](CCC(F)(F)F)CO2)cc1. The maximum atomic E-state index is 12.3. The van der Waals surface area contributed by atoms with Crippen molar-refractivity contribution < 1.29 is 27.4 Å². The van der Waals surface area contributed by atoms with E-state index in [2.05, 4.69) is 6.92 Å². The van der Waals surface area contributed by atoms with E-state index in [1.165, 1.54) is 32.1 Å². The van der Waals surface area contributed by atoms with Gasteiger partial charge in [-0.1, -0.05) is 51.2 Å². The van der Waals surface area contributed by atoms with Crippen molar-refractivity contribution in [1.29, 1.82) is 0 Å².